The summed E-state index contributed by atoms with van der Waals surface area (Å²) in [4.78, 5) is 10.7. The average Bonchev–Trinajstić information content (AvgIpc) is 2.40. The van der Waals surface area contributed by atoms with Gasteiger partial charge < -0.3 is 40.0 Å². The molecule has 1 rings (SSSR count). The number of carbonyl (C=O) groups is 1. The van der Waals surface area contributed by atoms with Crippen molar-refractivity contribution in [2.24, 2.45) is 0 Å². The van der Waals surface area contributed by atoms with E-state index in [9.17, 15) is 20.1 Å². The topological polar surface area (TPSA) is 138 Å². The van der Waals surface area contributed by atoms with Crippen LogP contribution in [0.3, 0.4) is 0 Å². The van der Waals surface area contributed by atoms with E-state index < -0.39 is 43.2 Å². The van der Waals surface area contributed by atoms with Gasteiger partial charge in [-0.1, -0.05) is 0 Å². The molecular formula is C11H23NO8. The monoisotopic (exact) mass is 297 g/mol. The lowest BCUT2D eigenvalue weighted by Gasteiger charge is -2.40. The standard InChI is InChI=1S/C8H15NO6.C3H8O2/c1-3(11)9-5-7(13)6(12)4(2-10)15-8(5)14;1-4-3-5-2/h4-8,10,12-14H,2H2,1H3,(H,9,11);3H2,1-2H3/t4-,5-,6-,7-,8?;/m1./s1. The van der Waals surface area contributed by atoms with Crippen molar-refractivity contribution in [1.29, 1.82) is 0 Å². The zero-order valence-electron chi connectivity index (χ0n) is 11.7. The average molecular weight is 297 g/mol. The number of methoxy groups -OCH3 is 2. The molecule has 1 aliphatic heterocycles. The maximum Gasteiger partial charge on any atom is 0.217 e. The molecule has 9 nitrogen and oxygen atoms in total. The van der Waals surface area contributed by atoms with Crippen LogP contribution < -0.4 is 5.32 Å². The second-order valence-corrected chi connectivity index (χ2v) is 4.15. The van der Waals surface area contributed by atoms with E-state index in [0.29, 0.717) is 6.79 Å². The van der Waals surface area contributed by atoms with Crippen LogP contribution in [0.15, 0.2) is 0 Å². The van der Waals surface area contributed by atoms with Gasteiger partial charge in [0.1, 0.15) is 31.1 Å². The van der Waals surface area contributed by atoms with Crippen LogP contribution in [0.1, 0.15) is 6.92 Å². The van der Waals surface area contributed by atoms with Crippen molar-refractivity contribution in [3.63, 3.8) is 0 Å². The van der Waals surface area contributed by atoms with Gasteiger partial charge in [-0.15, -0.1) is 0 Å². The van der Waals surface area contributed by atoms with Gasteiger partial charge in [0.15, 0.2) is 6.29 Å². The zero-order chi connectivity index (χ0) is 15.7. The summed E-state index contributed by atoms with van der Waals surface area (Å²) in [5, 5.41) is 39.4. The second kappa shape index (κ2) is 10.00. The Labute approximate surface area is 117 Å². The third kappa shape index (κ3) is 6.09. The number of rotatable bonds is 4. The number of aliphatic hydroxyl groups is 4. The molecule has 0 aromatic heterocycles. The minimum atomic E-state index is -1.45. The number of hydrogen-bond donors (Lipinski definition) is 5. The predicted molar refractivity (Wildman–Crippen MR) is 66.5 cm³/mol. The second-order valence-electron chi connectivity index (χ2n) is 4.15. The fraction of sp³-hybridized carbons (Fsp3) is 0.909. The van der Waals surface area contributed by atoms with Gasteiger partial charge in [-0.3, -0.25) is 4.79 Å². The summed E-state index contributed by atoms with van der Waals surface area (Å²) in [5.41, 5.74) is 0. The Bertz CT molecular complexity index is 275. The van der Waals surface area contributed by atoms with Crippen LogP contribution in [0.25, 0.3) is 0 Å². The largest absolute Gasteiger partial charge is 0.394 e. The van der Waals surface area contributed by atoms with Crippen molar-refractivity contribution in [3.05, 3.63) is 0 Å². The van der Waals surface area contributed by atoms with Crippen molar-refractivity contribution in [2.75, 3.05) is 27.6 Å². The van der Waals surface area contributed by atoms with Crippen LogP contribution in [-0.4, -0.2) is 84.6 Å². The van der Waals surface area contributed by atoms with Crippen molar-refractivity contribution in [3.8, 4) is 0 Å². The quantitative estimate of drug-likeness (QED) is 0.350. The van der Waals surface area contributed by atoms with Gasteiger partial charge in [-0.2, -0.15) is 0 Å². The third-order valence-electron chi connectivity index (χ3n) is 2.51. The minimum Gasteiger partial charge on any atom is -0.394 e. The van der Waals surface area contributed by atoms with Crippen molar-refractivity contribution >= 4 is 5.91 Å². The van der Waals surface area contributed by atoms with Gasteiger partial charge in [0.05, 0.1) is 6.61 Å². The van der Waals surface area contributed by atoms with E-state index in [2.05, 4.69) is 14.8 Å². The van der Waals surface area contributed by atoms with Gasteiger partial charge in [-0.05, 0) is 0 Å². The molecular weight excluding hydrogens is 274 g/mol. The molecule has 1 saturated heterocycles. The van der Waals surface area contributed by atoms with E-state index >= 15 is 0 Å². The van der Waals surface area contributed by atoms with E-state index in [1.807, 2.05) is 0 Å². The van der Waals surface area contributed by atoms with E-state index in [0.717, 1.165) is 0 Å². The fourth-order valence-corrected chi connectivity index (χ4v) is 1.61. The smallest absolute Gasteiger partial charge is 0.217 e. The predicted octanol–water partition coefficient (Wildman–Crippen LogP) is -2.84. The summed E-state index contributed by atoms with van der Waals surface area (Å²) in [6.07, 6.45) is -5.24. The van der Waals surface area contributed by atoms with Gasteiger partial charge in [0.2, 0.25) is 5.91 Å². The molecule has 1 fully saturated rings. The van der Waals surface area contributed by atoms with Crippen LogP contribution in [0.5, 0.6) is 0 Å². The third-order valence-corrected chi connectivity index (χ3v) is 2.51. The Hall–Kier alpha value is -0.810. The first-order valence-corrected chi connectivity index (χ1v) is 5.94. The Morgan fingerprint density at radius 2 is 1.75 bits per heavy atom. The maximum atomic E-state index is 10.7. The molecule has 0 aliphatic carbocycles. The summed E-state index contributed by atoms with van der Waals surface area (Å²) in [7, 11) is 3.17. The normalized spacial score (nSPS) is 33.0. The summed E-state index contributed by atoms with van der Waals surface area (Å²) in [5.74, 6) is -0.462. The van der Waals surface area contributed by atoms with Gasteiger partial charge in [-0.25, -0.2) is 0 Å². The Kier molecular flexibility index (Phi) is 9.59. The highest BCUT2D eigenvalue weighted by atomic mass is 16.6. The van der Waals surface area contributed by atoms with Gasteiger partial charge >= 0.3 is 0 Å². The highest BCUT2D eigenvalue weighted by Gasteiger charge is 2.43. The van der Waals surface area contributed by atoms with Gasteiger partial charge in [0, 0.05) is 21.1 Å². The van der Waals surface area contributed by atoms with E-state index in [1.54, 1.807) is 14.2 Å². The minimum absolute atomic E-state index is 0.389. The number of carbonyl (C=O) groups excluding carboxylic acids is 1. The number of aliphatic hydroxyl groups excluding tert-OH is 4. The molecule has 0 aromatic carbocycles. The molecule has 5 atom stereocenters. The van der Waals surface area contributed by atoms with E-state index in [4.69, 9.17) is 9.84 Å². The molecule has 9 heteroatoms. The van der Waals surface area contributed by atoms with E-state index in [-0.39, 0.29) is 0 Å². The molecule has 1 unspecified atom stereocenters. The summed E-state index contributed by atoms with van der Waals surface area (Å²) < 4.78 is 13.7. The van der Waals surface area contributed by atoms with Crippen molar-refractivity contribution < 1.29 is 39.4 Å². The van der Waals surface area contributed by atoms with Crippen LogP contribution in [-0.2, 0) is 19.0 Å². The molecule has 120 valence electrons. The van der Waals surface area contributed by atoms with Crippen LogP contribution in [0.4, 0.5) is 0 Å². The van der Waals surface area contributed by atoms with Gasteiger partial charge in [0.25, 0.3) is 0 Å². The fourth-order valence-electron chi connectivity index (χ4n) is 1.61. The maximum absolute atomic E-state index is 10.7. The molecule has 0 radical (unpaired) electrons. The molecule has 1 heterocycles. The van der Waals surface area contributed by atoms with Crippen molar-refractivity contribution in [1.82, 2.24) is 5.32 Å². The molecule has 1 aliphatic rings. The summed E-state index contributed by atoms with van der Waals surface area (Å²) >= 11 is 0. The first-order chi connectivity index (χ1) is 9.38. The molecule has 0 spiro atoms. The van der Waals surface area contributed by atoms with E-state index in [1.165, 1.54) is 6.92 Å². The molecule has 1 amide bonds. The highest BCUT2D eigenvalue weighted by molar-refractivity contribution is 5.73. The Morgan fingerprint density at radius 1 is 1.20 bits per heavy atom. The lowest BCUT2D eigenvalue weighted by molar-refractivity contribution is -0.253. The SMILES string of the molecule is CC(=O)N[C@H]1C(O)O[C@H](CO)[C@@H](O)[C@@H]1O.COCOC. The number of amides is 1. The Balaban J connectivity index is 0.000000621. The first kappa shape index (κ1) is 19.2. The molecule has 5 N–H and O–H groups in total. The lowest BCUT2D eigenvalue weighted by atomic mass is 9.97. The summed E-state index contributed by atoms with van der Waals surface area (Å²) in [6, 6.07) is -1.10. The zero-order valence-corrected chi connectivity index (χ0v) is 11.7. The van der Waals surface area contributed by atoms with Crippen LogP contribution >= 0.6 is 0 Å². The number of ether oxygens (including phenoxy) is 3. The highest BCUT2D eigenvalue weighted by Crippen LogP contribution is 2.19. The molecule has 0 bridgehead atoms. The first-order valence-electron chi connectivity index (χ1n) is 5.94. The van der Waals surface area contributed by atoms with Crippen LogP contribution in [0, 0.1) is 0 Å². The molecule has 0 saturated carbocycles. The lowest BCUT2D eigenvalue weighted by Crippen LogP contribution is -2.63. The number of hydrogen-bond acceptors (Lipinski definition) is 8. The molecule has 0 aromatic rings. The van der Waals surface area contributed by atoms with Crippen molar-refractivity contribution in [2.45, 2.75) is 37.6 Å². The van der Waals surface area contributed by atoms with Crippen LogP contribution in [0.2, 0.25) is 0 Å². The molecule has 20 heavy (non-hydrogen) atoms. The Morgan fingerprint density at radius 3 is 2.10 bits per heavy atom. The summed E-state index contributed by atoms with van der Waals surface area (Å²) in [6.45, 7) is 1.08. The number of nitrogens with one attached hydrogen (secondary N) is 1.